The van der Waals surface area contributed by atoms with Crippen LogP contribution in [0.15, 0.2) is 41.4 Å². The minimum absolute atomic E-state index is 0.0726. The molecule has 1 heterocycles. The molecule has 1 saturated carbocycles. The van der Waals surface area contributed by atoms with Crippen LogP contribution in [0.2, 0.25) is 0 Å². The molecule has 1 saturated heterocycles. The number of fused-ring (bicyclic) bond motifs is 3. The number of benzene rings is 2. The molecule has 7 N–H and O–H groups in total. The average Bonchev–Trinajstić information content (AvgIpc) is 3.62. The molecular formula is C29H33N7O3. The Bertz CT molecular complexity index is 1360. The highest BCUT2D eigenvalue weighted by molar-refractivity contribution is 5.98. The Labute approximate surface area is 227 Å². The highest BCUT2D eigenvalue weighted by Gasteiger charge is 2.54. The topological polar surface area (TPSA) is 181 Å². The summed E-state index contributed by atoms with van der Waals surface area (Å²) in [6.07, 6.45) is 3.40. The third kappa shape index (κ3) is 4.53. The summed E-state index contributed by atoms with van der Waals surface area (Å²) in [5, 5.41) is 12.7. The molecule has 0 radical (unpaired) electrons. The summed E-state index contributed by atoms with van der Waals surface area (Å²) < 4.78 is 0. The number of aliphatic imine (C=N–C) groups is 1. The van der Waals surface area contributed by atoms with Gasteiger partial charge in [0.25, 0.3) is 0 Å². The van der Waals surface area contributed by atoms with Crippen molar-refractivity contribution in [2.75, 3.05) is 20.1 Å². The van der Waals surface area contributed by atoms with Crippen LogP contribution in [-0.2, 0) is 23.1 Å². The number of likely N-dealkylation sites (tertiary alicyclic amines) is 1. The van der Waals surface area contributed by atoms with Crippen molar-refractivity contribution in [2.24, 2.45) is 28.1 Å². The Morgan fingerprint density at radius 1 is 1.03 bits per heavy atom. The number of amidine groups is 1. The van der Waals surface area contributed by atoms with Crippen LogP contribution in [0.5, 0.6) is 0 Å². The fraction of sp³-hybridized carbons (Fsp3) is 0.414. The van der Waals surface area contributed by atoms with E-state index in [1.54, 1.807) is 36.2 Å². The number of carbonyl (C=O) groups excluding carboxylic acids is 3. The minimum atomic E-state index is -0.886. The van der Waals surface area contributed by atoms with Gasteiger partial charge in [0, 0.05) is 24.2 Å². The third-order valence-corrected chi connectivity index (χ3v) is 8.54. The second-order valence-electron chi connectivity index (χ2n) is 10.7. The summed E-state index contributed by atoms with van der Waals surface area (Å²) in [6, 6.07) is 12.9. The fourth-order valence-corrected chi connectivity index (χ4v) is 6.51. The summed E-state index contributed by atoms with van der Waals surface area (Å²) in [7, 11) is 1.63. The van der Waals surface area contributed by atoms with Gasteiger partial charge in [-0.2, -0.15) is 5.26 Å². The highest BCUT2D eigenvalue weighted by Crippen LogP contribution is 2.47. The maximum Gasteiger partial charge on any atom is 0.248 e. The monoisotopic (exact) mass is 527 g/mol. The van der Waals surface area contributed by atoms with Crippen LogP contribution in [0, 0.1) is 17.2 Å². The zero-order valence-corrected chi connectivity index (χ0v) is 21.9. The van der Waals surface area contributed by atoms with Crippen molar-refractivity contribution in [1.29, 1.82) is 5.26 Å². The van der Waals surface area contributed by atoms with Gasteiger partial charge >= 0.3 is 0 Å². The quantitative estimate of drug-likeness (QED) is 0.223. The van der Waals surface area contributed by atoms with Crippen molar-refractivity contribution in [2.45, 2.75) is 49.6 Å². The number of rotatable bonds is 8. The van der Waals surface area contributed by atoms with E-state index in [9.17, 15) is 19.6 Å². The van der Waals surface area contributed by atoms with E-state index in [-0.39, 0.29) is 24.5 Å². The Kier molecular flexibility index (Phi) is 6.87. The third-order valence-electron chi connectivity index (χ3n) is 8.54. The predicted octanol–water partition coefficient (Wildman–Crippen LogP) is 0.749. The number of nitrogens with one attached hydrogen (secondary N) is 1. The second-order valence-corrected chi connectivity index (χ2v) is 10.7. The second kappa shape index (κ2) is 10.2. The largest absolute Gasteiger partial charge is 0.386 e. The van der Waals surface area contributed by atoms with E-state index in [2.05, 4.69) is 16.4 Å². The Morgan fingerprint density at radius 2 is 1.62 bits per heavy atom. The number of nitriles is 1. The number of nitrogens with zero attached hydrogens (tertiary/aromatic N) is 3. The van der Waals surface area contributed by atoms with E-state index in [1.807, 2.05) is 12.1 Å². The number of primary amides is 2. The van der Waals surface area contributed by atoms with Crippen molar-refractivity contribution in [1.82, 2.24) is 10.2 Å². The molecule has 3 amide bonds. The van der Waals surface area contributed by atoms with Gasteiger partial charge in [-0.1, -0.05) is 12.1 Å². The molecule has 2 fully saturated rings. The van der Waals surface area contributed by atoms with Crippen LogP contribution in [-0.4, -0.2) is 60.7 Å². The van der Waals surface area contributed by atoms with Crippen molar-refractivity contribution >= 4 is 23.6 Å². The van der Waals surface area contributed by atoms with Gasteiger partial charge in [-0.15, -0.1) is 0 Å². The van der Waals surface area contributed by atoms with Crippen LogP contribution >= 0.6 is 0 Å². The lowest BCUT2D eigenvalue weighted by atomic mass is 9.68. The molecule has 2 aromatic carbocycles. The van der Waals surface area contributed by atoms with E-state index in [0.29, 0.717) is 48.7 Å². The van der Waals surface area contributed by atoms with Crippen molar-refractivity contribution in [3.05, 3.63) is 69.8 Å². The number of piperidine rings is 1. The number of aryl methyl sites for hydroxylation is 2. The lowest BCUT2D eigenvalue weighted by molar-refractivity contribution is -0.131. The summed E-state index contributed by atoms with van der Waals surface area (Å²) in [5.74, 6) is -0.278. The van der Waals surface area contributed by atoms with E-state index < -0.39 is 17.2 Å². The molecule has 10 nitrogen and oxygen atoms in total. The van der Waals surface area contributed by atoms with Crippen molar-refractivity contribution in [3.8, 4) is 6.07 Å². The van der Waals surface area contributed by atoms with Gasteiger partial charge in [-0.05, 0) is 91.1 Å². The highest BCUT2D eigenvalue weighted by atomic mass is 16.2. The van der Waals surface area contributed by atoms with Gasteiger partial charge in [0.1, 0.15) is 11.9 Å². The molecule has 202 valence electrons. The van der Waals surface area contributed by atoms with Crippen LogP contribution in [0.4, 0.5) is 0 Å². The van der Waals surface area contributed by atoms with Crippen LogP contribution in [0.1, 0.15) is 62.2 Å². The molecule has 1 aliphatic heterocycles. The molecule has 1 unspecified atom stereocenters. The predicted molar refractivity (Wildman–Crippen MR) is 146 cm³/mol. The molecule has 0 bridgehead atoms. The van der Waals surface area contributed by atoms with Gasteiger partial charge in [-0.25, -0.2) is 0 Å². The molecule has 2 aliphatic carbocycles. The van der Waals surface area contributed by atoms with Crippen molar-refractivity contribution in [3.63, 3.8) is 0 Å². The first-order chi connectivity index (χ1) is 18.7. The summed E-state index contributed by atoms with van der Waals surface area (Å²) in [5.41, 5.74) is 21.4. The zero-order chi connectivity index (χ0) is 27.9. The maximum atomic E-state index is 13.0. The first-order valence-corrected chi connectivity index (χ1v) is 13.2. The van der Waals surface area contributed by atoms with Gasteiger partial charge in [0.05, 0.1) is 18.0 Å². The zero-order valence-electron chi connectivity index (χ0n) is 21.9. The summed E-state index contributed by atoms with van der Waals surface area (Å²) in [6.45, 7) is 0.538. The molecule has 3 atom stereocenters. The molecule has 10 heteroatoms. The smallest absolute Gasteiger partial charge is 0.248 e. The SMILES string of the molecule is CN=C(N)C1(CCNCC(=O)N2C(C#N)C[C@@H]3C[C@@H]32)c2ccc(C(N)=O)cc2CCc2cc(C(N)=O)ccc21. The van der Waals surface area contributed by atoms with Gasteiger partial charge in [-0.3, -0.25) is 19.4 Å². The van der Waals surface area contributed by atoms with Crippen molar-refractivity contribution < 1.29 is 14.4 Å². The minimum Gasteiger partial charge on any atom is -0.386 e. The van der Waals surface area contributed by atoms with Crippen LogP contribution in [0.25, 0.3) is 0 Å². The van der Waals surface area contributed by atoms with Gasteiger partial charge in [0.2, 0.25) is 17.7 Å². The number of amides is 3. The van der Waals surface area contributed by atoms with Gasteiger partial charge < -0.3 is 27.4 Å². The average molecular weight is 528 g/mol. The summed E-state index contributed by atoms with van der Waals surface area (Å²) in [4.78, 5) is 43.1. The van der Waals surface area contributed by atoms with E-state index >= 15 is 0 Å². The Hall–Kier alpha value is -4.23. The number of nitrogens with two attached hydrogens (primary N) is 3. The molecule has 39 heavy (non-hydrogen) atoms. The molecule has 0 spiro atoms. The van der Waals surface area contributed by atoms with E-state index in [0.717, 1.165) is 35.1 Å². The molecule has 3 aliphatic rings. The normalized spacial score (nSPS) is 22.6. The number of carbonyl (C=O) groups is 3. The molecule has 5 rings (SSSR count). The van der Waals surface area contributed by atoms with E-state index in [1.165, 1.54) is 0 Å². The lowest BCUT2D eigenvalue weighted by Crippen LogP contribution is -2.47. The van der Waals surface area contributed by atoms with E-state index in [4.69, 9.17) is 17.2 Å². The first kappa shape index (κ1) is 26.4. The Balaban J connectivity index is 1.49. The fourth-order valence-electron chi connectivity index (χ4n) is 6.51. The number of hydrogen-bond donors (Lipinski definition) is 4. The maximum absolute atomic E-state index is 13.0. The summed E-state index contributed by atoms with van der Waals surface area (Å²) >= 11 is 0. The van der Waals surface area contributed by atoms with Gasteiger partial charge in [0.15, 0.2) is 0 Å². The standard InChI is InChI=1S/C29H33N7O3/c1-34-28(33)29(8-9-35-15-25(37)36-21(14-30)12-20-13-24(20)36)22-6-4-18(26(31)38)10-16(22)2-3-17-11-19(27(32)39)5-7-23(17)29/h4-7,10-11,20-21,24,35H,2-3,8-9,12-13,15H2,1H3,(H2,31,38)(H2,32,39)(H2,33,34)/t20-,21?,24+/m1/s1. The first-order valence-electron chi connectivity index (χ1n) is 13.2. The molecular weight excluding hydrogens is 494 g/mol. The lowest BCUT2D eigenvalue weighted by Gasteiger charge is -2.36. The molecule has 0 aromatic heterocycles. The number of hydrogen-bond acceptors (Lipinski definition) is 6. The molecule has 2 aromatic rings. The van der Waals surface area contributed by atoms with Crippen LogP contribution in [0.3, 0.4) is 0 Å². The van der Waals surface area contributed by atoms with Crippen LogP contribution < -0.4 is 22.5 Å². The Morgan fingerprint density at radius 3 is 2.13 bits per heavy atom.